The van der Waals surface area contributed by atoms with Gasteiger partial charge in [-0.3, -0.25) is 0 Å². The number of rotatable bonds is 4. The van der Waals surface area contributed by atoms with Crippen LogP contribution in [0.5, 0.6) is 0 Å². The van der Waals surface area contributed by atoms with E-state index >= 15 is 0 Å². The van der Waals surface area contributed by atoms with Crippen LogP contribution in [0.1, 0.15) is 11.3 Å². The van der Waals surface area contributed by atoms with Crippen molar-refractivity contribution >= 4 is 27.5 Å². The summed E-state index contributed by atoms with van der Waals surface area (Å²) in [5.41, 5.74) is 3.21. The maximum absolute atomic E-state index is 5.96. The predicted octanol–water partition coefficient (Wildman–Crippen LogP) is 3.36. The minimum Gasteiger partial charge on any atom is -0.319 e. The molecule has 0 aliphatic rings. The molecule has 0 aliphatic heterocycles. The summed E-state index contributed by atoms with van der Waals surface area (Å²) in [5, 5.41) is 8.47. The van der Waals surface area contributed by atoms with Crippen LogP contribution in [0.15, 0.2) is 28.9 Å². The van der Waals surface area contributed by atoms with Crippen molar-refractivity contribution < 1.29 is 0 Å². The lowest BCUT2D eigenvalue weighted by Crippen LogP contribution is -2.11. The molecule has 0 spiro atoms. The molecule has 0 aliphatic carbocycles. The summed E-state index contributed by atoms with van der Waals surface area (Å²) in [7, 11) is 1.94. The first-order chi connectivity index (χ1) is 8.61. The fraction of sp³-hybridized carbons (Fsp3) is 0.308. The van der Waals surface area contributed by atoms with Gasteiger partial charge in [-0.15, -0.1) is 0 Å². The Balaban J connectivity index is 2.33. The lowest BCUT2D eigenvalue weighted by Gasteiger charge is -2.05. The minimum absolute atomic E-state index is 0.748. The molecular weight excluding hydrogens is 314 g/mol. The molecule has 2 rings (SSSR count). The standard InChI is InChI=1S/C13H15BrClN3/c1-9-7-10(15)3-4-13(9)18-8-11(14)12(17-18)5-6-16-2/h3-4,7-8,16H,5-6H2,1-2H3. The topological polar surface area (TPSA) is 29.9 Å². The molecule has 0 saturated carbocycles. The van der Waals surface area contributed by atoms with Crippen molar-refractivity contribution in [3.63, 3.8) is 0 Å². The molecule has 0 amide bonds. The summed E-state index contributed by atoms with van der Waals surface area (Å²) < 4.78 is 2.92. The molecule has 0 unspecified atom stereocenters. The van der Waals surface area contributed by atoms with E-state index in [2.05, 4.69) is 26.3 Å². The van der Waals surface area contributed by atoms with Crippen LogP contribution in [-0.4, -0.2) is 23.4 Å². The van der Waals surface area contributed by atoms with E-state index in [-0.39, 0.29) is 0 Å². The Labute approximate surface area is 120 Å². The number of likely N-dealkylation sites (N-methyl/N-ethyl adjacent to an activating group) is 1. The molecule has 3 nitrogen and oxygen atoms in total. The van der Waals surface area contributed by atoms with Gasteiger partial charge in [-0.1, -0.05) is 11.6 Å². The molecule has 0 bridgehead atoms. The first-order valence-electron chi connectivity index (χ1n) is 5.77. The van der Waals surface area contributed by atoms with Crippen LogP contribution in [0.25, 0.3) is 5.69 Å². The van der Waals surface area contributed by atoms with Crippen molar-refractivity contribution in [2.75, 3.05) is 13.6 Å². The van der Waals surface area contributed by atoms with Gasteiger partial charge in [0.05, 0.1) is 15.9 Å². The Hall–Kier alpha value is -0.840. The summed E-state index contributed by atoms with van der Waals surface area (Å²) in [4.78, 5) is 0. The molecule has 96 valence electrons. The highest BCUT2D eigenvalue weighted by atomic mass is 79.9. The van der Waals surface area contributed by atoms with Crippen molar-refractivity contribution in [2.24, 2.45) is 0 Å². The van der Waals surface area contributed by atoms with Crippen molar-refractivity contribution in [2.45, 2.75) is 13.3 Å². The number of halogens is 2. The minimum atomic E-state index is 0.748. The van der Waals surface area contributed by atoms with Crippen molar-refractivity contribution in [1.82, 2.24) is 15.1 Å². The first kappa shape index (κ1) is 13.6. The molecule has 18 heavy (non-hydrogen) atoms. The van der Waals surface area contributed by atoms with Crippen LogP contribution >= 0.6 is 27.5 Å². The number of aromatic nitrogens is 2. The highest BCUT2D eigenvalue weighted by Gasteiger charge is 2.09. The highest BCUT2D eigenvalue weighted by molar-refractivity contribution is 9.10. The van der Waals surface area contributed by atoms with E-state index in [1.54, 1.807) is 0 Å². The van der Waals surface area contributed by atoms with Crippen LogP contribution in [-0.2, 0) is 6.42 Å². The zero-order valence-electron chi connectivity index (χ0n) is 10.4. The van der Waals surface area contributed by atoms with Gasteiger partial charge in [0.1, 0.15) is 0 Å². The molecule has 2 aromatic rings. The van der Waals surface area contributed by atoms with E-state index in [0.717, 1.165) is 39.4 Å². The lowest BCUT2D eigenvalue weighted by atomic mass is 10.2. The zero-order valence-corrected chi connectivity index (χ0v) is 12.7. The Morgan fingerprint density at radius 2 is 2.22 bits per heavy atom. The van der Waals surface area contributed by atoms with Crippen LogP contribution in [0.2, 0.25) is 5.02 Å². The monoisotopic (exact) mass is 327 g/mol. The molecule has 5 heteroatoms. The van der Waals surface area contributed by atoms with E-state index in [1.807, 2.05) is 43.0 Å². The van der Waals surface area contributed by atoms with Crippen molar-refractivity contribution in [3.8, 4) is 5.69 Å². The molecule has 0 atom stereocenters. The third-order valence-corrected chi connectivity index (χ3v) is 3.65. The molecule has 1 N–H and O–H groups in total. The number of aryl methyl sites for hydroxylation is 1. The Kier molecular flexibility index (Phi) is 4.43. The zero-order chi connectivity index (χ0) is 13.1. The van der Waals surface area contributed by atoms with E-state index in [1.165, 1.54) is 0 Å². The van der Waals surface area contributed by atoms with E-state index in [9.17, 15) is 0 Å². The third-order valence-electron chi connectivity index (χ3n) is 2.76. The first-order valence-corrected chi connectivity index (χ1v) is 6.94. The van der Waals surface area contributed by atoms with Crippen LogP contribution < -0.4 is 5.32 Å². The maximum atomic E-state index is 5.96. The molecule has 1 heterocycles. The average molecular weight is 329 g/mol. The van der Waals surface area contributed by atoms with Gasteiger partial charge in [-0.05, 0) is 53.7 Å². The number of benzene rings is 1. The molecule has 0 saturated heterocycles. The fourth-order valence-electron chi connectivity index (χ4n) is 1.80. The maximum Gasteiger partial charge on any atom is 0.0783 e. The summed E-state index contributed by atoms with van der Waals surface area (Å²) in [6.45, 7) is 2.94. The van der Waals surface area contributed by atoms with Gasteiger partial charge >= 0.3 is 0 Å². The van der Waals surface area contributed by atoms with E-state index in [0.29, 0.717) is 0 Å². The Morgan fingerprint density at radius 3 is 2.89 bits per heavy atom. The van der Waals surface area contributed by atoms with Crippen molar-refractivity contribution in [1.29, 1.82) is 0 Å². The third kappa shape index (κ3) is 2.94. The summed E-state index contributed by atoms with van der Waals surface area (Å²) in [6.07, 6.45) is 2.89. The average Bonchev–Trinajstić information content (AvgIpc) is 2.68. The molecule has 1 aromatic heterocycles. The van der Waals surface area contributed by atoms with E-state index in [4.69, 9.17) is 11.6 Å². The fourth-order valence-corrected chi connectivity index (χ4v) is 2.50. The SMILES string of the molecule is CNCCc1nn(-c2ccc(Cl)cc2C)cc1Br. The Morgan fingerprint density at radius 1 is 1.44 bits per heavy atom. The predicted molar refractivity (Wildman–Crippen MR) is 78.6 cm³/mol. The number of hydrogen-bond donors (Lipinski definition) is 1. The largest absolute Gasteiger partial charge is 0.319 e. The quantitative estimate of drug-likeness (QED) is 0.932. The molecule has 0 radical (unpaired) electrons. The number of nitrogens with one attached hydrogen (secondary N) is 1. The smallest absolute Gasteiger partial charge is 0.0783 e. The molecule has 0 fully saturated rings. The van der Waals surface area contributed by atoms with Gasteiger partial charge < -0.3 is 5.32 Å². The molecular formula is C13H15BrClN3. The summed E-state index contributed by atoms with van der Waals surface area (Å²) >= 11 is 9.51. The van der Waals surface area contributed by atoms with Crippen molar-refractivity contribution in [3.05, 3.63) is 45.1 Å². The molecule has 1 aromatic carbocycles. The summed E-state index contributed by atoms with van der Waals surface area (Å²) in [5.74, 6) is 0. The van der Waals surface area contributed by atoms with E-state index < -0.39 is 0 Å². The second-order valence-electron chi connectivity index (χ2n) is 4.15. The van der Waals surface area contributed by atoms with Gasteiger partial charge in [-0.25, -0.2) is 4.68 Å². The summed E-state index contributed by atoms with van der Waals surface area (Å²) in [6, 6.07) is 5.81. The van der Waals surface area contributed by atoms with Gasteiger partial charge in [0.2, 0.25) is 0 Å². The lowest BCUT2D eigenvalue weighted by molar-refractivity contribution is 0.753. The van der Waals surface area contributed by atoms with Gasteiger partial charge in [0.15, 0.2) is 0 Å². The van der Waals surface area contributed by atoms with Gasteiger partial charge in [0, 0.05) is 24.2 Å². The number of hydrogen-bond acceptors (Lipinski definition) is 2. The normalized spacial score (nSPS) is 10.9. The van der Waals surface area contributed by atoms with Crippen LogP contribution in [0.3, 0.4) is 0 Å². The van der Waals surface area contributed by atoms with Crippen LogP contribution in [0.4, 0.5) is 0 Å². The number of nitrogens with zero attached hydrogens (tertiary/aromatic N) is 2. The highest BCUT2D eigenvalue weighted by Crippen LogP contribution is 2.22. The van der Waals surface area contributed by atoms with Crippen LogP contribution in [0, 0.1) is 6.92 Å². The second-order valence-corrected chi connectivity index (χ2v) is 5.44. The van der Waals surface area contributed by atoms with Gasteiger partial charge in [-0.2, -0.15) is 5.10 Å². The second kappa shape index (κ2) is 5.87. The van der Waals surface area contributed by atoms with Gasteiger partial charge in [0.25, 0.3) is 0 Å². The Bertz CT molecular complexity index is 551.